The fraction of sp³-hybridized carbons (Fsp3) is 0. The number of hydrogen-bond acceptors (Lipinski definition) is 10. The third kappa shape index (κ3) is 10.4. The molecule has 15 nitrogen and oxygen atoms in total. The average Bonchev–Trinajstić information content (AvgIpc) is 3.08. The first-order chi connectivity index (χ1) is 23.1. The molecule has 0 amide bonds. The maximum Gasteiger partial charge on any atom is 0.335 e. The van der Waals surface area contributed by atoms with E-state index in [1.165, 1.54) is 24.6 Å². The van der Waals surface area contributed by atoms with Crippen molar-refractivity contribution in [2.45, 2.75) is 0 Å². The summed E-state index contributed by atoms with van der Waals surface area (Å²) in [6.07, 6.45) is 6.49. The van der Waals surface area contributed by atoms with Gasteiger partial charge >= 0.3 is 11.9 Å². The summed E-state index contributed by atoms with van der Waals surface area (Å²) in [4.78, 5) is 26.7. The molecule has 10 N–H and O–H groups in total. The number of aromatic carboxylic acids is 2. The molecular weight excluding hydrogens is 640 g/mol. The van der Waals surface area contributed by atoms with Crippen LogP contribution in [0.2, 0.25) is 0 Å². The Labute approximate surface area is 277 Å². The van der Waals surface area contributed by atoms with Gasteiger partial charge in [-0.1, -0.05) is 58.2 Å². The van der Waals surface area contributed by atoms with Crippen molar-refractivity contribution in [1.82, 2.24) is 0 Å². The molecule has 2 heterocycles. The van der Waals surface area contributed by atoms with Crippen molar-refractivity contribution >= 4 is 46.2 Å². The Bertz CT molecular complexity index is 1930. The number of nitrogens with zero attached hydrogens (tertiary/aromatic N) is 2. The minimum Gasteiger partial charge on any atom is -0.869 e. The average molecular weight is 671 g/mol. The molecule has 0 unspecified atom stereocenters. The van der Waals surface area contributed by atoms with Gasteiger partial charge in [-0.2, -0.15) is 0 Å². The molecule has 0 atom stereocenters. The van der Waals surface area contributed by atoms with E-state index in [9.17, 15) is 19.8 Å². The zero-order valence-corrected chi connectivity index (χ0v) is 25.3. The van der Waals surface area contributed by atoms with E-state index in [-0.39, 0.29) is 5.48 Å². The summed E-state index contributed by atoms with van der Waals surface area (Å²) in [7, 11) is 0. The normalized spacial score (nSPS) is 10.1. The van der Waals surface area contributed by atoms with E-state index in [1.807, 2.05) is 73.1 Å². The molecule has 0 aliphatic heterocycles. The highest BCUT2D eigenvalue weighted by molar-refractivity contribution is 5.97. The quantitative estimate of drug-likeness (QED) is 0.0904. The molecule has 0 saturated heterocycles. The first-order valence-electron chi connectivity index (χ1n) is 13.7. The van der Waals surface area contributed by atoms with Crippen LogP contribution in [0.3, 0.4) is 0 Å². The highest BCUT2D eigenvalue weighted by atomic mass is 16.4. The molecule has 4 aromatic carbocycles. The third-order valence-electron chi connectivity index (χ3n) is 6.32. The minimum atomic E-state index is -1.33. The topological polar surface area (TPSA) is 286 Å². The Balaban J connectivity index is 0.000000226. The summed E-state index contributed by atoms with van der Waals surface area (Å²) < 4.78 is 0. The summed E-state index contributed by atoms with van der Waals surface area (Å²) in [6, 6.07) is 26.6. The van der Waals surface area contributed by atoms with E-state index < -0.39 is 46.1 Å². The number of benzene rings is 4. The monoisotopic (exact) mass is 670 g/mol. The Kier molecular flexibility index (Phi) is 14.4. The first kappa shape index (κ1) is 37.9. The van der Waals surface area contributed by atoms with Gasteiger partial charge in [-0.15, -0.1) is 0 Å². The zero-order valence-electron chi connectivity index (χ0n) is 25.3. The number of hydrogen-bond donors (Lipinski definition) is 6. The number of phenolic OH excluding ortho intramolecular Hbond substituents is 2. The lowest BCUT2D eigenvalue weighted by molar-refractivity contribution is -0.345. The summed E-state index contributed by atoms with van der Waals surface area (Å²) in [6.45, 7) is 0. The van der Waals surface area contributed by atoms with Crippen LogP contribution in [0.15, 0.2) is 120 Å². The van der Waals surface area contributed by atoms with Crippen LogP contribution in [0.5, 0.6) is 23.0 Å². The number of oxime groups is 2. The molecule has 252 valence electrons. The van der Waals surface area contributed by atoms with E-state index in [1.54, 1.807) is 0 Å². The van der Waals surface area contributed by atoms with E-state index >= 15 is 0 Å². The molecule has 6 aromatic rings. The van der Waals surface area contributed by atoms with Gasteiger partial charge in [-0.05, 0) is 36.4 Å². The van der Waals surface area contributed by atoms with Crippen molar-refractivity contribution in [3.63, 3.8) is 0 Å². The van der Waals surface area contributed by atoms with Crippen molar-refractivity contribution in [2.24, 2.45) is 10.3 Å². The van der Waals surface area contributed by atoms with Crippen LogP contribution in [0.25, 0.3) is 21.8 Å². The van der Waals surface area contributed by atoms with Gasteiger partial charge in [0.2, 0.25) is 11.0 Å². The number of rotatable bonds is 4. The van der Waals surface area contributed by atoms with Crippen LogP contribution < -0.4 is 20.2 Å². The van der Waals surface area contributed by atoms with Gasteiger partial charge < -0.3 is 46.5 Å². The van der Waals surface area contributed by atoms with E-state index in [2.05, 4.69) is 20.3 Å². The first-order valence-corrected chi connectivity index (χ1v) is 13.7. The maximum atomic E-state index is 10.8. The Hall–Kier alpha value is -7.26. The molecule has 0 fully saturated rings. The number of para-hydroxylation sites is 4. The molecule has 0 aliphatic carbocycles. The van der Waals surface area contributed by atoms with Gasteiger partial charge in [0.05, 0.1) is 34.3 Å². The predicted octanol–water partition coefficient (Wildman–Crippen LogP) is 2.43. The summed E-state index contributed by atoms with van der Waals surface area (Å²) in [5.74, 6) is -5.42. The Morgan fingerprint density at radius 2 is 0.939 bits per heavy atom. The smallest absolute Gasteiger partial charge is 0.335 e. The number of phenols is 2. The van der Waals surface area contributed by atoms with Crippen molar-refractivity contribution in [3.05, 3.63) is 132 Å². The number of carboxylic acid groups (broad SMARTS) is 2. The molecule has 2 aromatic heterocycles. The highest BCUT2D eigenvalue weighted by Crippen LogP contribution is 2.25. The van der Waals surface area contributed by atoms with E-state index in [0.29, 0.717) is 0 Å². The van der Waals surface area contributed by atoms with Crippen LogP contribution in [0, 0.1) is 0 Å². The number of carbonyl (C=O) groups is 2. The Morgan fingerprint density at radius 1 is 0.571 bits per heavy atom. The van der Waals surface area contributed by atoms with Crippen LogP contribution in [0.4, 0.5) is 0 Å². The van der Waals surface area contributed by atoms with Crippen LogP contribution >= 0.6 is 0 Å². The maximum absolute atomic E-state index is 10.8. The van der Waals surface area contributed by atoms with E-state index in [4.69, 9.17) is 30.8 Å². The van der Waals surface area contributed by atoms with Gasteiger partial charge in [0, 0.05) is 35.4 Å². The lowest BCUT2D eigenvalue weighted by Crippen LogP contribution is -2.03. The second-order valence-corrected chi connectivity index (χ2v) is 9.36. The van der Waals surface area contributed by atoms with Crippen LogP contribution in [-0.2, 0) is 0 Å². The van der Waals surface area contributed by atoms with Gasteiger partial charge in [0.15, 0.2) is 12.4 Å². The summed E-state index contributed by atoms with van der Waals surface area (Å²) in [5, 5.41) is 80.9. The molecule has 0 bridgehead atoms. The standard InChI is InChI=1S/2C10H8N2O.2C7H6O4.H2O/c2*13-12-7-8-5-6-11-10-4-2-1-3-9(8)10;2*8-5-3-1-2-4(6(5)9)7(10)11;/h2*1-7,13H;2*1-3,8-9H,(H,10,11);1H2/b2*12-7+;;;. The zero-order chi connectivity index (χ0) is 35.1. The number of aromatic hydroxyl groups is 2. The lowest BCUT2D eigenvalue weighted by Gasteiger charge is -2.10. The van der Waals surface area contributed by atoms with Crippen molar-refractivity contribution < 1.29 is 66.1 Å². The van der Waals surface area contributed by atoms with Crippen molar-refractivity contribution in [2.75, 3.05) is 0 Å². The Morgan fingerprint density at radius 3 is 1.27 bits per heavy atom. The summed E-state index contributed by atoms with van der Waals surface area (Å²) in [5.41, 5.74) is 3.03. The van der Waals surface area contributed by atoms with Gasteiger partial charge in [-0.25, -0.2) is 19.6 Å². The molecule has 0 saturated carbocycles. The molecule has 0 aliphatic rings. The van der Waals surface area contributed by atoms with Gasteiger partial charge in [0.1, 0.15) is 11.5 Å². The number of pyridine rings is 2. The minimum absolute atomic E-state index is 0. The predicted molar refractivity (Wildman–Crippen MR) is 172 cm³/mol. The second-order valence-electron chi connectivity index (χ2n) is 9.36. The van der Waals surface area contributed by atoms with Crippen LogP contribution in [0.1, 0.15) is 31.8 Å². The summed E-state index contributed by atoms with van der Waals surface area (Å²) >= 11 is 0. The number of H-pyrrole nitrogens is 2. The molecule has 6 rings (SSSR count). The van der Waals surface area contributed by atoms with Crippen LogP contribution in [-0.4, -0.2) is 60.7 Å². The van der Waals surface area contributed by atoms with E-state index in [0.717, 1.165) is 57.2 Å². The third-order valence-corrected chi connectivity index (χ3v) is 6.32. The largest absolute Gasteiger partial charge is 0.869 e. The molecule has 15 heteroatoms. The highest BCUT2D eigenvalue weighted by Gasteiger charge is 2.06. The van der Waals surface area contributed by atoms with Gasteiger partial charge in [0.25, 0.3) is 0 Å². The molecule has 0 radical (unpaired) electrons. The molecule has 49 heavy (non-hydrogen) atoms. The second kappa shape index (κ2) is 18.6. The van der Waals surface area contributed by atoms with Gasteiger partial charge in [-0.3, -0.25) is 0 Å². The molecular formula is C34H30N4O11. The lowest BCUT2D eigenvalue weighted by atomic mass is 10.1. The van der Waals surface area contributed by atoms with Crippen molar-refractivity contribution in [3.8, 4) is 23.0 Å². The number of carboxylic acids is 2. The number of aromatic nitrogens is 2. The fourth-order valence-corrected chi connectivity index (χ4v) is 4.08. The SMILES string of the molecule is O.O/N=C/c1cc[nH+]c2ccccc12.O/N=C/c1cc[nH+]c2ccccc12.O=C(O)c1cccc(O)c1[O-].O=C(O)c1cccc(O)c1[O-]. The molecule has 0 spiro atoms. The number of nitrogens with one attached hydrogen (secondary N) is 2. The number of aromatic amines is 2. The fourth-order valence-electron chi connectivity index (χ4n) is 4.08. The number of fused-ring (bicyclic) bond motifs is 2. The van der Waals surface area contributed by atoms with Crippen molar-refractivity contribution in [1.29, 1.82) is 0 Å².